The Morgan fingerprint density at radius 2 is 2.42 bits per heavy atom. The average Bonchev–Trinajstić information content (AvgIpc) is 2.15. The molecule has 2 heterocycles. The predicted octanol–water partition coefficient (Wildman–Crippen LogP) is -0.245. The Kier molecular flexibility index (Phi) is 1.55. The predicted molar refractivity (Wildman–Crippen MR) is 44.6 cm³/mol. The summed E-state index contributed by atoms with van der Waals surface area (Å²) in [6, 6.07) is 5.13. The fraction of sp³-hybridized carbons (Fsp3) is 0.250. The third kappa shape index (κ3) is 0.967. The van der Waals surface area contributed by atoms with Gasteiger partial charge in [-0.1, -0.05) is 6.07 Å². The van der Waals surface area contributed by atoms with Gasteiger partial charge in [0.15, 0.2) is 0 Å². The highest BCUT2D eigenvalue weighted by Gasteiger charge is 2.34. The standard InChI is InChI=1S/C8H9N3O/c9-6-5-11(8(6)12)7-3-1-2-4-10-7/h1-4,6H,5,9H2/t6-/m0/s1. The molecule has 0 spiro atoms. The molecule has 1 fully saturated rings. The van der Waals surface area contributed by atoms with E-state index in [-0.39, 0.29) is 11.9 Å². The Hall–Kier alpha value is -1.42. The molecule has 12 heavy (non-hydrogen) atoms. The topological polar surface area (TPSA) is 59.2 Å². The van der Waals surface area contributed by atoms with E-state index in [1.165, 1.54) is 0 Å². The second-order valence-corrected chi connectivity index (χ2v) is 2.74. The minimum absolute atomic E-state index is 0.0475. The number of nitrogens with zero attached hydrogens (tertiary/aromatic N) is 2. The normalized spacial score (nSPS) is 22.2. The number of hydrogen-bond acceptors (Lipinski definition) is 3. The van der Waals surface area contributed by atoms with Gasteiger partial charge in [0, 0.05) is 6.20 Å². The van der Waals surface area contributed by atoms with E-state index < -0.39 is 0 Å². The van der Waals surface area contributed by atoms with Crippen LogP contribution in [0.25, 0.3) is 0 Å². The van der Waals surface area contributed by atoms with Crippen LogP contribution in [0.2, 0.25) is 0 Å². The Morgan fingerprint density at radius 1 is 1.58 bits per heavy atom. The largest absolute Gasteiger partial charge is 0.318 e. The third-order valence-corrected chi connectivity index (χ3v) is 1.89. The van der Waals surface area contributed by atoms with Gasteiger partial charge in [-0.25, -0.2) is 4.98 Å². The summed E-state index contributed by atoms with van der Waals surface area (Å²) < 4.78 is 0. The molecule has 1 aliphatic rings. The molecule has 0 unspecified atom stereocenters. The Morgan fingerprint density at radius 3 is 2.92 bits per heavy atom. The van der Waals surface area contributed by atoms with Gasteiger partial charge in [-0.15, -0.1) is 0 Å². The van der Waals surface area contributed by atoms with Gasteiger partial charge in [-0.3, -0.25) is 9.69 Å². The molecule has 4 heteroatoms. The number of pyridine rings is 1. The molecule has 1 atom stereocenters. The fourth-order valence-corrected chi connectivity index (χ4v) is 1.17. The lowest BCUT2D eigenvalue weighted by Crippen LogP contribution is -2.61. The molecule has 1 aromatic heterocycles. The number of nitrogens with two attached hydrogens (primary N) is 1. The van der Waals surface area contributed by atoms with Crippen LogP contribution in [0.1, 0.15) is 0 Å². The van der Waals surface area contributed by atoms with Crippen molar-refractivity contribution < 1.29 is 4.79 Å². The lowest BCUT2D eigenvalue weighted by Gasteiger charge is -2.34. The van der Waals surface area contributed by atoms with Gasteiger partial charge in [0.1, 0.15) is 11.9 Å². The molecule has 1 amide bonds. The highest BCUT2D eigenvalue weighted by atomic mass is 16.2. The van der Waals surface area contributed by atoms with Gasteiger partial charge in [0.25, 0.3) is 0 Å². The molecule has 0 aliphatic carbocycles. The Labute approximate surface area is 70.0 Å². The van der Waals surface area contributed by atoms with Crippen molar-refractivity contribution in [1.82, 2.24) is 4.98 Å². The highest BCUT2D eigenvalue weighted by Crippen LogP contribution is 2.17. The monoisotopic (exact) mass is 163 g/mol. The Bertz CT molecular complexity index is 298. The molecule has 4 nitrogen and oxygen atoms in total. The number of aromatic nitrogens is 1. The van der Waals surface area contributed by atoms with Crippen molar-refractivity contribution >= 4 is 11.7 Å². The molecule has 62 valence electrons. The maximum Gasteiger partial charge on any atom is 0.246 e. The molecular weight excluding hydrogens is 154 g/mol. The van der Waals surface area contributed by atoms with Crippen LogP contribution in [0.4, 0.5) is 5.82 Å². The molecule has 0 radical (unpaired) electrons. The first-order valence-corrected chi connectivity index (χ1v) is 3.77. The van der Waals surface area contributed by atoms with E-state index in [9.17, 15) is 4.79 Å². The summed E-state index contributed by atoms with van der Waals surface area (Å²) in [5.74, 6) is 0.637. The molecule has 1 aromatic rings. The van der Waals surface area contributed by atoms with Gasteiger partial charge in [-0.2, -0.15) is 0 Å². The zero-order valence-electron chi connectivity index (χ0n) is 6.47. The second-order valence-electron chi connectivity index (χ2n) is 2.74. The molecule has 0 aromatic carbocycles. The molecule has 2 N–H and O–H groups in total. The number of carbonyl (C=O) groups is 1. The van der Waals surface area contributed by atoms with Gasteiger partial charge in [0.05, 0.1) is 6.54 Å². The minimum Gasteiger partial charge on any atom is -0.318 e. The number of carbonyl (C=O) groups excluding carboxylic acids is 1. The highest BCUT2D eigenvalue weighted by molar-refractivity contribution is 6.03. The van der Waals surface area contributed by atoms with E-state index in [4.69, 9.17) is 5.73 Å². The minimum atomic E-state index is -0.327. The summed E-state index contributed by atoms with van der Waals surface area (Å²) in [5, 5.41) is 0. The molecule has 1 aliphatic heterocycles. The van der Waals surface area contributed by atoms with Crippen molar-refractivity contribution in [3.63, 3.8) is 0 Å². The number of rotatable bonds is 1. The van der Waals surface area contributed by atoms with E-state index in [1.54, 1.807) is 17.2 Å². The van der Waals surface area contributed by atoms with E-state index >= 15 is 0 Å². The van der Waals surface area contributed by atoms with Crippen LogP contribution in [-0.4, -0.2) is 23.5 Å². The Balaban J connectivity index is 2.19. The first-order valence-electron chi connectivity index (χ1n) is 3.77. The smallest absolute Gasteiger partial charge is 0.246 e. The summed E-state index contributed by atoms with van der Waals surface area (Å²) >= 11 is 0. The van der Waals surface area contributed by atoms with Crippen molar-refractivity contribution in [2.75, 3.05) is 11.4 Å². The first kappa shape index (κ1) is 7.24. The second kappa shape index (κ2) is 2.57. The van der Waals surface area contributed by atoms with Crippen LogP contribution in [0, 0.1) is 0 Å². The van der Waals surface area contributed by atoms with Crippen molar-refractivity contribution in [2.45, 2.75) is 6.04 Å². The van der Waals surface area contributed by atoms with Crippen LogP contribution in [0.5, 0.6) is 0 Å². The number of amides is 1. The molecular formula is C8H9N3O. The van der Waals surface area contributed by atoms with Gasteiger partial charge >= 0.3 is 0 Å². The SMILES string of the molecule is N[C@H]1CN(c2ccccn2)C1=O. The fourth-order valence-electron chi connectivity index (χ4n) is 1.17. The maximum absolute atomic E-state index is 11.1. The van der Waals surface area contributed by atoms with Crippen molar-refractivity contribution in [2.24, 2.45) is 5.73 Å². The van der Waals surface area contributed by atoms with E-state index in [0.717, 1.165) is 0 Å². The number of anilines is 1. The summed E-state index contributed by atoms with van der Waals surface area (Å²) in [5.41, 5.74) is 5.43. The summed E-state index contributed by atoms with van der Waals surface area (Å²) in [7, 11) is 0. The van der Waals surface area contributed by atoms with Crippen molar-refractivity contribution in [1.29, 1.82) is 0 Å². The van der Waals surface area contributed by atoms with Gasteiger partial charge in [-0.05, 0) is 12.1 Å². The van der Waals surface area contributed by atoms with E-state index in [0.29, 0.717) is 12.4 Å². The summed E-state index contributed by atoms with van der Waals surface area (Å²) in [6.45, 7) is 0.579. The first-order chi connectivity index (χ1) is 5.79. The molecule has 0 saturated carbocycles. The van der Waals surface area contributed by atoms with Crippen LogP contribution >= 0.6 is 0 Å². The lowest BCUT2D eigenvalue weighted by atomic mass is 10.1. The molecule has 0 bridgehead atoms. The average molecular weight is 163 g/mol. The summed E-state index contributed by atoms with van der Waals surface area (Å²) in [6.07, 6.45) is 1.66. The zero-order valence-corrected chi connectivity index (χ0v) is 6.47. The lowest BCUT2D eigenvalue weighted by molar-refractivity contribution is -0.123. The van der Waals surface area contributed by atoms with Crippen molar-refractivity contribution in [3.8, 4) is 0 Å². The van der Waals surface area contributed by atoms with Crippen LogP contribution in [-0.2, 0) is 4.79 Å². The molecule has 2 rings (SSSR count). The van der Waals surface area contributed by atoms with Crippen molar-refractivity contribution in [3.05, 3.63) is 24.4 Å². The maximum atomic E-state index is 11.1. The number of β-lactam (4-membered cyclic amide) rings is 1. The van der Waals surface area contributed by atoms with E-state index in [2.05, 4.69) is 4.98 Å². The van der Waals surface area contributed by atoms with Crippen LogP contribution < -0.4 is 10.6 Å². The van der Waals surface area contributed by atoms with Gasteiger partial charge < -0.3 is 5.73 Å². The third-order valence-electron chi connectivity index (χ3n) is 1.89. The quantitative estimate of drug-likeness (QED) is 0.581. The summed E-state index contributed by atoms with van der Waals surface area (Å²) in [4.78, 5) is 16.7. The molecule has 1 saturated heterocycles. The van der Waals surface area contributed by atoms with Crippen LogP contribution in [0.15, 0.2) is 24.4 Å². The van der Waals surface area contributed by atoms with E-state index in [1.807, 2.05) is 12.1 Å². The van der Waals surface area contributed by atoms with Crippen LogP contribution in [0.3, 0.4) is 0 Å². The van der Waals surface area contributed by atoms with Gasteiger partial charge in [0.2, 0.25) is 5.91 Å². The number of hydrogen-bond donors (Lipinski definition) is 1. The zero-order chi connectivity index (χ0) is 8.55.